The Labute approximate surface area is 135 Å². The number of nitrogens with zero attached hydrogens (tertiary/aromatic N) is 5. The first-order valence-corrected chi connectivity index (χ1v) is 7.41. The third-order valence-corrected chi connectivity index (χ3v) is 3.72. The van der Waals surface area contributed by atoms with Gasteiger partial charge in [-0.2, -0.15) is 4.52 Å². The second-order valence-electron chi connectivity index (χ2n) is 4.94. The minimum Gasteiger partial charge on any atom is -0.461 e. The number of aromatic nitrogens is 4. The summed E-state index contributed by atoms with van der Waals surface area (Å²) >= 11 is 6.09. The number of furan rings is 1. The molecule has 0 aliphatic carbocycles. The molecule has 0 atom stereocenters. The van der Waals surface area contributed by atoms with Gasteiger partial charge in [-0.3, -0.25) is 5.21 Å². The molecule has 0 saturated carbocycles. The molecule has 23 heavy (non-hydrogen) atoms. The predicted molar refractivity (Wildman–Crippen MR) is 85.8 cm³/mol. The average molecular weight is 330 g/mol. The van der Waals surface area contributed by atoms with E-state index in [2.05, 4.69) is 15.1 Å². The Hall–Kier alpha value is -2.64. The van der Waals surface area contributed by atoms with Gasteiger partial charge in [-0.15, -0.1) is 5.10 Å². The summed E-state index contributed by atoms with van der Waals surface area (Å²) < 4.78 is 6.84. The van der Waals surface area contributed by atoms with E-state index in [0.29, 0.717) is 34.3 Å². The maximum absolute atomic E-state index is 10.1. The number of hydrogen-bond donors (Lipinski definition) is 1. The molecule has 3 aromatic heterocycles. The standard InChI is InChI=1S/C15H12ClN5O2/c1-2-20(22)15-17-11-6-5-9(16)8-10(11)14-18-13(19-21(14)15)12-4-3-7-23-12/h3-8,22H,2H2,1H3. The monoisotopic (exact) mass is 329 g/mol. The topological polar surface area (TPSA) is 79.7 Å². The van der Waals surface area contributed by atoms with Crippen LogP contribution in [0.5, 0.6) is 0 Å². The zero-order valence-corrected chi connectivity index (χ0v) is 12.9. The second-order valence-corrected chi connectivity index (χ2v) is 5.37. The fourth-order valence-electron chi connectivity index (χ4n) is 2.38. The van der Waals surface area contributed by atoms with Gasteiger partial charge in [0.05, 0.1) is 11.8 Å². The van der Waals surface area contributed by atoms with Crippen molar-refractivity contribution in [3.8, 4) is 11.6 Å². The molecule has 3 heterocycles. The summed E-state index contributed by atoms with van der Waals surface area (Å²) in [7, 11) is 0. The molecule has 4 aromatic rings. The first-order valence-electron chi connectivity index (χ1n) is 7.03. The number of fused-ring (bicyclic) bond motifs is 3. The van der Waals surface area contributed by atoms with Crippen molar-refractivity contribution in [2.75, 3.05) is 11.6 Å². The molecular formula is C15H12ClN5O2. The molecule has 116 valence electrons. The third-order valence-electron chi connectivity index (χ3n) is 3.49. The van der Waals surface area contributed by atoms with E-state index >= 15 is 0 Å². The van der Waals surface area contributed by atoms with E-state index < -0.39 is 0 Å². The van der Waals surface area contributed by atoms with E-state index in [-0.39, 0.29) is 5.95 Å². The lowest BCUT2D eigenvalue weighted by atomic mass is 10.2. The summed E-state index contributed by atoms with van der Waals surface area (Å²) in [5, 5.41) is 16.9. The number of hydroxylamine groups is 1. The summed E-state index contributed by atoms with van der Waals surface area (Å²) in [5.41, 5.74) is 1.22. The molecular weight excluding hydrogens is 318 g/mol. The Morgan fingerprint density at radius 1 is 1.30 bits per heavy atom. The molecule has 0 spiro atoms. The fraction of sp³-hybridized carbons (Fsp3) is 0.133. The summed E-state index contributed by atoms with van der Waals surface area (Å²) in [6.45, 7) is 2.17. The van der Waals surface area contributed by atoms with E-state index in [1.807, 2.05) is 6.92 Å². The lowest BCUT2D eigenvalue weighted by Gasteiger charge is -2.14. The van der Waals surface area contributed by atoms with Crippen molar-refractivity contribution in [1.82, 2.24) is 19.6 Å². The lowest BCUT2D eigenvalue weighted by Crippen LogP contribution is -2.21. The van der Waals surface area contributed by atoms with Gasteiger partial charge in [0, 0.05) is 17.0 Å². The van der Waals surface area contributed by atoms with Crippen molar-refractivity contribution in [3.63, 3.8) is 0 Å². The van der Waals surface area contributed by atoms with Gasteiger partial charge in [-0.1, -0.05) is 11.6 Å². The number of hydrogen-bond acceptors (Lipinski definition) is 6. The van der Waals surface area contributed by atoms with Crippen LogP contribution in [0.15, 0.2) is 41.0 Å². The highest BCUT2D eigenvalue weighted by Gasteiger charge is 2.18. The molecule has 0 fully saturated rings. The first kappa shape index (κ1) is 14.0. The van der Waals surface area contributed by atoms with Gasteiger partial charge in [-0.25, -0.2) is 15.0 Å². The largest absolute Gasteiger partial charge is 0.461 e. The maximum atomic E-state index is 10.1. The van der Waals surface area contributed by atoms with E-state index in [1.165, 1.54) is 4.52 Å². The Morgan fingerprint density at radius 2 is 2.17 bits per heavy atom. The lowest BCUT2D eigenvalue weighted by molar-refractivity contribution is 0.251. The second kappa shape index (κ2) is 5.22. The van der Waals surface area contributed by atoms with E-state index in [1.54, 1.807) is 36.6 Å². The van der Waals surface area contributed by atoms with E-state index in [9.17, 15) is 5.21 Å². The van der Waals surface area contributed by atoms with Crippen molar-refractivity contribution < 1.29 is 9.62 Å². The minimum atomic E-state index is 0.280. The fourth-order valence-corrected chi connectivity index (χ4v) is 2.56. The van der Waals surface area contributed by atoms with E-state index in [0.717, 1.165) is 10.4 Å². The number of anilines is 1. The molecule has 1 N–H and O–H groups in total. The van der Waals surface area contributed by atoms with Crippen molar-refractivity contribution in [2.24, 2.45) is 0 Å². The molecule has 0 unspecified atom stereocenters. The van der Waals surface area contributed by atoms with Crippen LogP contribution in [0.25, 0.3) is 28.1 Å². The third kappa shape index (κ3) is 2.21. The van der Waals surface area contributed by atoms with Crippen LogP contribution in [0.3, 0.4) is 0 Å². The summed E-state index contributed by atoms with van der Waals surface area (Å²) in [6, 6.07) is 8.84. The molecule has 0 amide bonds. The van der Waals surface area contributed by atoms with Crippen LogP contribution in [0.2, 0.25) is 5.02 Å². The molecule has 0 saturated heterocycles. The summed E-state index contributed by atoms with van der Waals surface area (Å²) in [6.07, 6.45) is 1.56. The molecule has 0 bridgehead atoms. The number of rotatable bonds is 3. The molecule has 0 radical (unpaired) electrons. The zero-order chi connectivity index (χ0) is 16.0. The molecule has 1 aromatic carbocycles. The molecule has 7 nitrogen and oxygen atoms in total. The van der Waals surface area contributed by atoms with Crippen LogP contribution < -0.4 is 5.06 Å². The Balaban J connectivity index is 2.09. The van der Waals surface area contributed by atoms with E-state index in [4.69, 9.17) is 16.0 Å². The van der Waals surface area contributed by atoms with Gasteiger partial charge in [-0.05, 0) is 37.3 Å². The Bertz CT molecular complexity index is 996. The highest BCUT2D eigenvalue weighted by Crippen LogP contribution is 2.27. The molecule has 4 rings (SSSR count). The minimum absolute atomic E-state index is 0.280. The smallest absolute Gasteiger partial charge is 0.253 e. The number of halogens is 1. The predicted octanol–water partition coefficient (Wildman–Crippen LogP) is 3.41. The van der Waals surface area contributed by atoms with Crippen molar-refractivity contribution in [3.05, 3.63) is 41.6 Å². The van der Waals surface area contributed by atoms with Gasteiger partial charge < -0.3 is 4.42 Å². The highest BCUT2D eigenvalue weighted by atomic mass is 35.5. The molecule has 8 heteroatoms. The molecule has 0 aliphatic heterocycles. The Morgan fingerprint density at radius 3 is 2.91 bits per heavy atom. The quantitative estimate of drug-likeness (QED) is 0.580. The zero-order valence-electron chi connectivity index (χ0n) is 12.1. The normalized spacial score (nSPS) is 11.4. The maximum Gasteiger partial charge on any atom is 0.253 e. The van der Waals surface area contributed by atoms with Crippen LogP contribution in [0.1, 0.15) is 6.92 Å². The van der Waals surface area contributed by atoms with Gasteiger partial charge in [0.1, 0.15) is 0 Å². The van der Waals surface area contributed by atoms with Gasteiger partial charge >= 0.3 is 0 Å². The average Bonchev–Trinajstić information content (AvgIpc) is 3.22. The first-order chi connectivity index (χ1) is 11.2. The van der Waals surface area contributed by atoms with Gasteiger partial charge in [0.25, 0.3) is 5.95 Å². The summed E-state index contributed by atoms with van der Waals surface area (Å²) in [4.78, 5) is 8.98. The highest BCUT2D eigenvalue weighted by molar-refractivity contribution is 6.31. The van der Waals surface area contributed by atoms with Crippen LogP contribution in [0.4, 0.5) is 5.95 Å². The van der Waals surface area contributed by atoms with Crippen molar-refractivity contribution >= 4 is 34.1 Å². The van der Waals surface area contributed by atoms with Crippen molar-refractivity contribution in [2.45, 2.75) is 6.92 Å². The molecule has 0 aliphatic rings. The SMILES string of the molecule is CCN(O)c1nc2ccc(Cl)cc2c2nc(-c3ccco3)nn12. The van der Waals surface area contributed by atoms with Crippen LogP contribution in [-0.2, 0) is 0 Å². The van der Waals surface area contributed by atoms with Gasteiger partial charge in [0.2, 0.25) is 5.82 Å². The van der Waals surface area contributed by atoms with Crippen molar-refractivity contribution in [1.29, 1.82) is 0 Å². The van der Waals surface area contributed by atoms with Gasteiger partial charge in [0.15, 0.2) is 11.4 Å². The summed E-state index contributed by atoms with van der Waals surface area (Å²) in [5.74, 6) is 1.23. The number of benzene rings is 1. The van der Waals surface area contributed by atoms with Crippen LogP contribution >= 0.6 is 11.6 Å². The van der Waals surface area contributed by atoms with Crippen LogP contribution in [0, 0.1) is 0 Å². The Kier molecular flexibility index (Phi) is 3.17. The van der Waals surface area contributed by atoms with Crippen LogP contribution in [-0.4, -0.2) is 31.3 Å².